The van der Waals surface area contributed by atoms with Crippen molar-refractivity contribution in [2.75, 3.05) is 13.2 Å². The molecule has 0 aromatic heterocycles. The number of carbonyl (C=O) groups is 5. The first-order valence-electron chi connectivity index (χ1n) is 18.4. The summed E-state index contributed by atoms with van der Waals surface area (Å²) in [6.07, 6.45) is 0.586. The summed E-state index contributed by atoms with van der Waals surface area (Å²) in [6, 6.07) is 12.3. The molecule has 2 heterocycles. The average molecular weight is 723 g/mol. The minimum Gasteiger partial charge on any atom is -0.494 e. The summed E-state index contributed by atoms with van der Waals surface area (Å²) in [5.74, 6) is -2.45. The van der Waals surface area contributed by atoms with Crippen LogP contribution in [-0.4, -0.2) is 84.1 Å². The highest BCUT2D eigenvalue weighted by molar-refractivity contribution is 5.93. The van der Waals surface area contributed by atoms with Crippen LogP contribution in [0.25, 0.3) is 0 Å². The zero-order valence-electron chi connectivity index (χ0n) is 31.3. The summed E-state index contributed by atoms with van der Waals surface area (Å²) in [5.41, 5.74) is 7.24. The first-order valence-corrected chi connectivity index (χ1v) is 18.4. The third-order valence-electron chi connectivity index (χ3n) is 9.49. The number of aliphatic hydroxyl groups is 1. The summed E-state index contributed by atoms with van der Waals surface area (Å²) in [7, 11) is 0. The van der Waals surface area contributed by atoms with Crippen LogP contribution >= 0.6 is 0 Å². The van der Waals surface area contributed by atoms with E-state index < -0.39 is 59.9 Å². The van der Waals surface area contributed by atoms with Crippen molar-refractivity contribution in [1.82, 2.24) is 26.6 Å². The maximum atomic E-state index is 14.0. The average Bonchev–Trinajstić information content (AvgIpc) is 3.12. The number of hydrogen-bond donors (Lipinski definition) is 7. The van der Waals surface area contributed by atoms with E-state index in [0.29, 0.717) is 25.2 Å². The maximum Gasteiger partial charge on any atom is 0.243 e. The minimum atomic E-state index is -1.17. The Hall–Kier alpha value is -4.49. The molecule has 7 atom stereocenters. The molecule has 0 radical (unpaired) electrons. The van der Waals surface area contributed by atoms with E-state index in [1.54, 1.807) is 13.8 Å². The molecule has 2 aromatic carbocycles. The third kappa shape index (κ3) is 12.9. The second kappa shape index (κ2) is 20.5. The molecule has 0 spiro atoms. The largest absolute Gasteiger partial charge is 0.494 e. The van der Waals surface area contributed by atoms with Crippen LogP contribution in [0.3, 0.4) is 0 Å². The predicted octanol–water partition coefficient (Wildman–Crippen LogP) is 1.75. The van der Waals surface area contributed by atoms with Crippen LogP contribution in [0.15, 0.2) is 54.6 Å². The number of hydrogen-bond acceptors (Lipinski definition) is 8. The van der Waals surface area contributed by atoms with E-state index in [-0.39, 0.29) is 49.5 Å². The molecule has 0 aliphatic carbocycles. The SMILES string of the molecule is CC[C@H](C)[C@H](NC(=O)[C@H](Cc1ccccc1)NC[C@@H](O)[C@@H]1Cc2ccc(cc2)OCCCC(=O)N[C@@H](C(C)C)C(=O)N1)C(=O)N[C@H](C(N)=O)C(C)C. The van der Waals surface area contributed by atoms with E-state index in [1.165, 1.54) is 0 Å². The molecule has 2 aromatic rings. The highest BCUT2D eigenvalue weighted by atomic mass is 16.5. The molecule has 13 heteroatoms. The van der Waals surface area contributed by atoms with Gasteiger partial charge in [-0.15, -0.1) is 0 Å². The van der Waals surface area contributed by atoms with E-state index in [2.05, 4.69) is 26.6 Å². The molecular weight excluding hydrogens is 664 g/mol. The van der Waals surface area contributed by atoms with Crippen molar-refractivity contribution in [2.24, 2.45) is 23.5 Å². The Balaban J connectivity index is 1.87. The van der Waals surface area contributed by atoms with Crippen LogP contribution in [0, 0.1) is 17.8 Å². The second-order valence-electron chi connectivity index (χ2n) is 14.4. The zero-order chi connectivity index (χ0) is 38.4. The zero-order valence-corrected chi connectivity index (χ0v) is 31.3. The molecule has 5 amide bonds. The molecule has 0 saturated carbocycles. The molecule has 52 heavy (non-hydrogen) atoms. The molecule has 2 bridgehead atoms. The van der Waals surface area contributed by atoms with Crippen molar-refractivity contribution < 1.29 is 33.8 Å². The summed E-state index contributed by atoms with van der Waals surface area (Å²) in [6.45, 7) is 11.2. The van der Waals surface area contributed by atoms with Gasteiger partial charge in [-0.2, -0.15) is 0 Å². The van der Waals surface area contributed by atoms with Crippen LogP contribution in [0.2, 0.25) is 0 Å². The van der Waals surface area contributed by atoms with Crippen molar-refractivity contribution in [3.63, 3.8) is 0 Å². The highest BCUT2D eigenvalue weighted by Gasteiger charge is 2.34. The van der Waals surface area contributed by atoms with Gasteiger partial charge in [-0.05, 0) is 60.3 Å². The summed E-state index contributed by atoms with van der Waals surface area (Å²) in [5, 5.41) is 26.2. The Morgan fingerprint density at radius 1 is 0.923 bits per heavy atom. The fourth-order valence-corrected chi connectivity index (χ4v) is 6.01. The van der Waals surface area contributed by atoms with Gasteiger partial charge in [0.15, 0.2) is 0 Å². The number of amides is 5. The lowest BCUT2D eigenvalue weighted by molar-refractivity contribution is -0.133. The van der Waals surface area contributed by atoms with Crippen LogP contribution in [0.1, 0.15) is 71.9 Å². The summed E-state index contributed by atoms with van der Waals surface area (Å²) in [4.78, 5) is 65.9. The number of nitrogens with one attached hydrogen (secondary N) is 5. The lowest BCUT2D eigenvalue weighted by Gasteiger charge is -2.31. The highest BCUT2D eigenvalue weighted by Crippen LogP contribution is 2.17. The normalized spacial score (nSPS) is 19.9. The van der Waals surface area contributed by atoms with Crippen LogP contribution in [0.5, 0.6) is 5.75 Å². The quantitative estimate of drug-likeness (QED) is 0.144. The Morgan fingerprint density at radius 2 is 1.58 bits per heavy atom. The van der Waals surface area contributed by atoms with Crippen molar-refractivity contribution in [1.29, 1.82) is 0 Å². The van der Waals surface area contributed by atoms with Gasteiger partial charge in [0.05, 0.1) is 24.8 Å². The molecule has 0 fully saturated rings. The summed E-state index contributed by atoms with van der Waals surface area (Å²) >= 11 is 0. The van der Waals surface area contributed by atoms with Gasteiger partial charge in [-0.25, -0.2) is 0 Å². The molecule has 2 aliphatic heterocycles. The topological polar surface area (TPSA) is 201 Å². The van der Waals surface area contributed by atoms with Crippen molar-refractivity contribution in [3.8, 4) is 5.75 Å². The second-order valence-corrected chi connectivity index (χ2v) is 14.4. The summed E-state index contributed by atoms with van der Waals surface area (Å²) < 4.78 is 5.79. The number of ether oxygens (including phenoxy) is 1. The van der Waals surface area contributed by atoms with E-state index >= 15 is 0 Å². The van der Waals surface area contributed by atoms with Gasteiger partial charge >= 0.3 is 0 Å². The van der Waals surface area contributed by atoms with Gasteiger partial charge in [0.2, 0.25) is 29.5 Å². The molecule has 0 saturated heterocycles. The van der Waals surface area contributed by atoms with Gasteiger partial charge in [0.1, 0.15) is 23.9 Å². The minimum absolute atomic E-state index is 0.0902. The Kier molecular flexibility index (Phi) is 16.5. The Labute approximate surface area is 307 Å². The first kappa shape index (κ1) is 41.9. The first-order chi connectivity index (χ1) is 24.7. The fourth-order valence-electron chi connectivity index (χ4n) is 6.01. The van der Waals surface area contributed by atoms with Crippen molar-refractivity contribution >= 4 is 29.5 Å². The van der Waals surface area contributed by atoms with Gasteiger partial charge in [-0.1, -0.05) is 90.4 Å². The fraction of sp³-hybridized carbons (Fsp3) is 0.564. The lowest BCUT2D eigenvalue weighted by Crippen LogP contribution is -2.60. The number of carbonyl (C=O) groups excluding carboxylic acids is 5. The van der Waals surface area contributed by atoms with Crippen LogP contribution in [0.4, 0.5) is 0 Å². The Morgan fingerprint density at radius 3 is 2.17 bits per heavy atom. The maximum absolute atomic E-state index is 14.0. The van der Waals surface area contributed by atoms with Crippen LogP contribution < -0.4 is 37.1 Å². The van der Waals surface area contributed by atoms with Gasteiger partial charge in [0, 0.05) is 13.0 Å². The van der Waals surface area contributed by atoms with Crippen LogP contribution in [-0.2, 0) is 36.8 Å². The number of aliphatic hydroxyl groups excluding tert-OH is 1. The van der Waals surface area contributed by atoms with Gasteiger partial charge < -0.3 is 42.2 Å². The van der Waals surface area contributed by atoms with E-state index in [4.69, 9.17) is 10.5 Å². The number of primary amides is 1. The number of benzene rings is 2. The monoisotopic (exact) mass is 722 g/mol. The van der Waals surface area contributed by atoms with Gasteiger partial charge in [-0.3, -0.25) is 24.0 Å². The number of fused-ring (bicyclic) bond motifs is 12. The molecular formula is C39H58N6O7. The smallest absolute Gasteiger partial charge is 0.243 e. The van der Waals surface area contributed by atoms with Gasteiger partial charge in [0.25, 0.3) is 0 Å². The molecule has 8 N–H and O–H groups in total. The number of rotatable bonds is 15. The van der Waals surface area contributed by atoms with E-state index in [9.17, 15) is 29.1 Å². The molecule has 0 unspecified atom stereocenters. The predicted molar refractivity (Wildman–Crippen MR) is 199 cm³/mol. The Bertz CT molecular complexity index is 1470. The van der Waals surface area contributed by atoms with E-state index in [1.807, 2.05) is 82.3 Å². The molecule has 2 aliphatic rings. The lowest BCUT2D eigenvalue weighted by atomic mass is 9.95. The standard InChI is InChI=1S/C39H58N6O7/c1-7-25(6)35(39(51)44-33(23(2)3)36(40)48)45-37(49)30(21-26-12-9-8-10-13-26)41-22-31(46)29-20-27-15-17-28(18-16-27)52-19-11-14-32(47)43-34(24(4)5)38(50)42-29/h8-10,12-13,15-18,23-25,29-31,33-35,41,46H,7,11,14,19-22H2,1-6H3,(H2,40,48)(H,42,50)(H,43,47)(H,44,51)(H,45,49)/t25-,29-,30-,31+,33-,34-,35-/m0/s1. The van der Waals surface area contributed by atoms with Crippen molar-refractivity contribution in [3.05, 3.63) is 65.7 Å². The molecule has 286 valence electrons. The molecule has 13 nitrogen and oxygen atoms in total. The number of nitrogens with two attached hydrogens (primary N) is 1. The van der Waals surface area contributed by atoms with Crippen molar-refractivity contribution in [2.45, 2.75) is 110 Å². The van der Waals surface area contributed by atoms with E-state index in [0.717, 1.165) is 11.1 Å². The third-order valence-corrected chi connectivity index (χ3v) is 9.49. The molecule has 4 rings (SSSR count).